The Balaban J connectivity index is 2.90. The average molecular weight is 314 g/mol. The van der Waals surface area contributed by atoms with E-state index in [2.05, 4.69) is 21.2 Å². The molecule has 3 N–H and O–H groups in total. The molecule has 0 aliphatic heterocycles. The van der Waals surface area contributed by atoms with Gasteiger partial charge in [-0.2, -0.15) is 0 Å². The molecule has 0 aliphatic rings. The number of amides is 1. The van der Waals surface area contributed by atoms with Gasteiger partial charge in [0.25, 0.3) is 0 Å². The molecule has 100 valence electrons. The lowest BCUT2D eigenvalue weighted by molar-refractivity contribution is -0.119. The lowest BCUT2D eigenvalue weighted by atomic mass is 10.1. The Morgan fingerprint density at radius 2 is 2.17 bits per heavy atom. The molecule has 5 heteroatoms. The van der Waals surface area contributed by atoms with Crippen molar-refractivity contribution in [2.24, 2.45) is 5.73 Å². The first-order valence-corrected chi connectivity index (χ1v) is 6.91. The van der Waals surface area contributed by atoms with Crippen LogP contribution >= 0.6 is 15.9 Å². The molecule has 1 aromatic carbocycles. The molecule has 1 rings (SSSR count). The van der Waals surface area contributed by atoms with Gasteiger partial charge in [-0.05, 0) is 37.6 Å². The maximum absolute atomic E-state index is 11.7. The standard InChI is InChI=1S/C13H20BrN3O/c1-3-16-13(18)9-17(4-2)12-6-5-11(14)7-10(12)8-15/h5-7H,3-4,8-9,15H2,1-2H3,(H,16,18). The van der Waals surface area contributed by atoms with Crippen molar-refractivity contribution in [2.75, 3.05) is 24.5 Å². The molecule has 0 aromatic heterocycles. The summed E-state index contributed by atoms with van der Waals surface area (Å²) in [5, 5.41) is 2.81. The zero-order valence-electron chi connectivity index (χ0n) is 10.9. The fourth-order valence-corrected chi connectivity index (χ4v) is 2.23. The third-order valence-electron chi connectivity index (χ3n) is 2.69. The van der Waals surface area contributed by atoms with E-state index >= 15 is 0 Å². The molecule has 1 aromatic rings. The number of nitrogens with zero attached hydrogens (tertiary/aromatic N) is 1. The Kier molecular flexibility index (Phi) is 6.15. The minimum absolute atomic E-state index is 0.0326. The van der Waals surface area contributed by atoms with Gasteiger partial charge in [0.05, 0.1) is 6.54 Å². The highest BCUT2D eigenvalue weighted by atomic mass is 79.9. The topological polar surface area (TPSA) is 58.4 Å². The molecule has 0 atom stereocenters. The smallest absolute Gasteiger partial charge is 0.239 e. The Bertz CT molecular complexity index is 409. The Labute approximate surface area is 117 Å². The molecule has 0 unspecified atom stereocenters. The molecule has 0 spiro atoms. The number of rotatable bonds is 6. The highest BCUT2D eigenvalue weighted by Gasteiger charge is 2.12. The van der Waals surface area contributed by atoms with E-state index in [1.54, 1.807) is 0 Å². The monoisotopic (exact) mass is 313 g/mol. The predicted octanol–water partition coefficient (Wildman–Crippen LogP) is 1.87. The van der Waals surface area contributed by atoms with Crippen LogP contribution in [0.1, 0.15) is 19.4 Å². The molecule has 0 heterocycles. The number of anilines is 1. The maximum Gasteiger partial charge on any atom is 0.239 e. The largest absolute Gasteiger partial charge is 0.362 e. The van der Waals surface area contributed by atoms with Crippen LogP contribution in [0.4, 0.5) is 5.69 Å². The molecule has 0 bridgehead atoms. The van der Waals surface area contributed by atoms with Gasteiger partial charge in [-0.15, -0.1) is 0 Å². The quantitative estimate of drug-likeness (QED) is 0.843. The van der Waals surface area contributed by atoms with Gasteiger partial charge in [0.15, 0.2) is 0 Å². The second-order valence-electron chi connectivity index (χ2n) is 3.94. The Morgan fingerprint density at radius 1 is 1.44 bits per heavy atom. The van der Waals surface area contributed by atoms with Crippen LogP contribution < -0.4 is 16.0 Å². The minimum Gasteiger partial charge on any atom is -0.362 e. The molecule has 0 fully saturated rings. The third kappa shape index (κ3) is 3.99. The summed E-state index contributed by atoms with van der Waals surface area (Å²) in [4.78, 5) is 13.7. The number of nitrogens with one attached hydrogen (secondary N) is 1. The van der Waals surface area contributed by atoms with Gasteiger partial charge in [-0.3, -0.25) is 4.79 Å². The van der Waals surface area contributed by atoms with Crippen molar-refractivity contribution in [1.82, 2.24) is 5.32 Å². The summed E-state index contributed by atoms with van der Waals surface area (Å²) < 4.78 is 1.00. The molecular weight excluding hydrogens is 294 g/mol. The van der Waals surface area contributed by atoms with Crippen molar-refractivity contribution >= 4 is 27.5 Å². The molecule has 18 heavy (non-hydrogen) atoms. The summed E-state index contributed by atoms with van der Waals surface area (Å²) in [5.41, 5.74) is 7.81. The van der Waals surface area contributed by atoms with Crippen molar-refractivity contribution in [1.29, 1.82) is 0 Å². The number of likely N-dealkylation sites (N-methyl/N-ethyl adjacent to an activating group) is 2. The number of carbonyl (C=O) groups excluding carboxylic acids is 1. The van der Waals surface area contributed by atoms with Gasteiger partial charge in [0, 0.05) is 29.8 Å². The van der Waals surface area contributed by atoms with Crippen LogP contribution in [-0.4, -0.2) is 25.5 Å². The molecular formula is C13H20BrN3O. The van der Waals surface area contributed by atoms with Gasteiger partial charge in [-0.25, -0.2) is 0 Å². The van der Waals surface area contributed by atoms with E-state index in [4.69, 9.17) is 5.73 Å². The lowest BCUT2D eigenvalue weighted by Gasteiger charge is -2.25. The molecule has 1 amide bonds. The first-order valence-electron chi connectivity index (χ1n) is 6.12. The van der Waals surface area contributed by atoms with Gasteiger partial charge < -0.3 is 16.0 Å². The van der Waals surface area contributed by atoms with E-state index in [9.17, 15) is 4.79 Å². The average Bonchev–Trinajstić information content (AvgIpc) is 2.36. The van der Waals surface area contributed by atoms with E-state index in [-0.39, 0.29) is 5.91 Å². The number of hydrogen-bond donors (Lipinski definition) is 2. The van der Waals surface area contributed by atoms with Crippen molar-refractivity contribution in [2.45, 2.75) is 20.4 Å². The van der Waals surface area contributed by atoms with Crippen LogP contribution in [0.3, 0.4) is 0 Å². The number of carbonyl (C=O) groups is 1. The van der Waals surface area contributed by atoms with Crippen molar-refractivity contribution in [3.8, 4) is 0 Å². The zero-order valence-corrected chi connectivity index (χ0v) is 12.5. The summed E-state index contributed by atoms with van der Waals surface area (Å²) in [6.45, 7) is 6.19. The second-order valence-corrected chi connectivity index (χ2v) is 4.86. The summed E-state index contributed by atoms with van der Waals surface area (Å²) in [6, 6.07) is 5.96. The number of nitrogens with two attached hydrogens (primary N) is 1. The first kappa shape index (κ1) is 15.0. The van der Waals surface area contributed by atoms with Crippen LogP contribution in [-0.2, 0) is 11.3 Å². The van der Waals surface area contributed by atoms with Gasteiger partial charge in [0.2, 0.25) is 5.91 Å². The Hall–Kier alpha value is -1.07. The fourth-order valence-electron chi connectivity index (χ4n) is 1.82. The number of benzene rings is 1. The predicted molar refractivity (Wildman–Crippen MR) is 78.6 cm³/mol. The highest BCUT2D eigenvalue weighted by molar-refractivity contribution is 9.10. The van der Waals surface area contributed by atoms with Gasteiger partial charge in [-0.1, -0.05) is 15.9 Å². The SMILES string of the molecule is CCNC(=O)CN(CC)c1ccc(Br)cc1CN. The highest BCUT2D eigenvalue weighted by Crippen LogP contribution is 2.24. The normalized spacial score (nSPS) is 10.2. The van der Waals surface area contributed by atoms with Crippen LogP contribution in [0, 0.1) is 0 Å². The van der Waals surface area contributed by atoms with E-state index < -0.39 is 0 Å². The van der Waals surface area contributed by atoms with Crippen LogP contribution in [0.5, 0.6) is 0 Å². The number of hydrogen-bond acceptors (Lipinski definition) is 3. The lowest BCUT2D eigenvalue weighted by Crippen LogP contribution is -2.37. The maximum atomic E-state index is 11.7. The molecule has 0 radical (unpaired) electrons. The molecule has 0 saturated heterocycles. The van der Waals surface area contributed by atoms with Gasteiger partial charge >= 0.3 is 0 Å². The van der Waals surface area contributed by atoms with E-state index in [1.807, 2.05) is 36.9 Å². The van der Waals surface area contributed by atoms with Crippen molar-refractivity contribution in [3.05, 3.63) is 28.2 Å². The summed E-state index contributed by atoms with van der Waals surface area (Å²) in [6.07, 6.45) is 0. The fraction of sp³-hybridized carbons (Fsp3) is 0.462. The Morgan fingerprint density at radius 3 is 2.72 bits per heavy atom. The first-order chi connectivity index (χ1) is 8.62. The molecule has 0 aliphatic carbocycles. The van der Waals surface area contributed by atoms with E-state index in [1.165, 1.54) is 0 Å². The van der Waals surface area contributed by atoms with Crippen molar-refractivity contribution in [3.63, 3.8) is 0 Å². The number of halogens is 1. The summed E-state index contributed by atoms with van der Waals surface area (Å²) in [5.74, 6) is 0.0326. The molecule has 0 saturated carbocycles. The van der Waals surface area contributed by atoms with Crippen LogP contribution in [0.2, 0.25) is 0 Å². The summed E-state index contributed by atoms with van der Waals surface area (Å²) >= 11 is 3.43. The van der Waals surface area contributed by atoms with Gasteiger partial charge in [0.1, 0.15) is 0 Å². The molecule has 4 nitrogen and oxygen atoms in total. The minimum atomic E-state index is 0.0326. The van der Waals surface area contributed by atoms with E-state index in [0.29, 0.717) is 19.6 Å². The second kappa shape index (κ2) is 7.38. The zero-order chi connectivity index (χ0) is 13.5. The third-order valence-corrected chi connectivity index (χ3v) is 3.19. The van der Waals surface area contributed by atoms with E-state index in [0.717, 1.165) is 22.3 Å². The van der Waals surface area contributed by atoms with Crippen LogP contribution in [0.25, 0.3) is 0 Å². The van der Waals surface area contributed by atoms with Crippen molar-refractivity contribution < 1.29 is 4.79 Å². The summed E-state index contributed by atoms with van der Waals surface area (Å²) in [7, 11) is 0. The van der Waals surface area contributed by atoms with Crippen LogP contribution in [0.15, 0.2) is 22.7 Å².